The van der Waals surface area contributed by atoms with Crippen LogP contribution in [0.5, 0.6) is 0 Å². The Kier molecular flexibility index (Phi) is 6.64. The summed E-state index contributed by atoms with van der Waals surface area (Å²) in [6.07, 6.45) is 1.60. The van der Waals surface area contributed by atoms with Gasteiger partial charge in [0.2, 0.25) is 0 Å². The number of nitrogens with one attached hydrogen (secondary N) is 2. The first-order chi connectivity index (χ1) is 14.3. The summed E-state index contributed by atoms with van der Waals surface area (Å²) in [4.78, 5) is 38.7. The molecule has 0 fully saturated rings. The Labute approximate surface area is 182 Å². The van der Waals surface area contributed by atoms with Crippen LogP contribution in [0.1, 0.15) is 34.6 Å². The molecule has 0 saturated carbocycles. The number of esters is 1. The number of halogens is 2. The van der Waals surface area contributed by atoms with Gasteiger partial charge in [-0.05, 0) is 55.8 Å². The normalized spacial score (nSPS) is 11.7. The zero-order valence-electron chi connectivity index (χ0n) is 16.2. The van der Waals surface area contributed by atoms with Crippen LogP contribution in [0.4, 0.5) is 0 Å². The number of H-pyrrole nitrogens is 1. The van der Waals surface area contributed by atoms with Gasteiger partial charge in [0.05, 0.1) is 27.3 Å². The summed E-state index contributed by atoms with van der Waals surface area (Å²) in [6.45, 7) is 3.14. The summed E-state index contributed by atoms with van der Waals surface area (Å²) in [6, 6.07) is 11.1. The number of benzene rings is 2. The molecular formula is C21H19Cl2N3O4. The highest BCUT2D eigenvalue weighted by atomic mass is 35.5. The Balaban J connectivity index is 1.56. The molecule has 156 valence electrons. The number of aromatic nitrogens is 2. The van der Waals surface area contributed by atoms with Gasteiger partial charge in [0.25, 0.3) is 5.91 Å². The maximum absolute atomic E-state index is 12.2. The molecule has 1 heterocycles. The number of aryl methyl sites for hydroxylation is 1. The maximum atomic E-state index is 12.2. The summed E-state index contributed by atoms with van der Waals surface area (Å²) in [5, 5.41) is 3.55. The standard InChI is InChI=1S/C21H19Cl2N3O4/c1-12-10-24-21(29)26(12)16-6-3-14(4-7-16)20(28)30-11-19(27)25-13(2)15-5-8-17(22)18(23)9-15/h3-10,13H,11H2,1-2H3,(H,24,29)(H,25,27). The number of hydrogen-bond acceptors (Lipinski definition) is 4. The molecule has 1 aromatic heterocycles. The molecule has 2 aromatic carbocycles. The van der Waals surface area contributed by atoms with Gasteiger partial charge in [-0.1, -0.05) is 29.3 Å². The van der Waals surface area contributed by atoms with E-state index >= 15 is 0 Å². The first kappa shape index (κ1) is 21.7. The molecule has 0 bridgehead atoms. The van der Waals surface area contributed by atoms with Gasteiger partial charge in [0, 0.05) is 11.9 Å². The van der Waals surface area contributed by atoms with Crippen molar-refractivity contribution >= 4 is 35.1 Å². The van der Waals surface area contributed by atoms with Crippen LogP contribution in [0.15, 0.2) is 53.5 Å². The third-order valence-corrected chi connectivity index (χ3v) is 5.22. The smallest absolute Gasteiger partial charge is 0.338 e. The Morgan fingerprint density at radius 3 is 2.43 bits per heavy atom. The van der Waals surface area contributed by atoms with E-state index in [1.165, 1.54) is 16.7 Å². The fourth-order valence-corrected chi connectivity index (χ4v) is 3.19. The van der Waals surface area contributed by atoms with Crippen molar-refractivity contribution in [3.05, 3.63) is 86.0 Å². The number of aromatic amines is 1. The number of amides is 1. The van der Waals surface area contributed by atoms with E-state index in [-0.39, 0.29) is 17.3 Å². The van der Waals surface area contributed by atoms with Crippen molar-refractivity contribution in [2.45, 2.75) is 19.9 Å². The molecule has 7 nitrogen and oxygen atoms in total. The van der Waals surface area contributed by atoms with Crippen LogP contribution in [0, 0.1) is 6.92 Å². The van der Waals surface area contributed by atoms with Gasteiger partial charge in [0.15, 0.2) is 6.61 Å². The lowest BCUT2D eigenvalue weighted by molar-refractivity contribution is -0.124. The first-order valence-corrected chi connectivity index (χ1v) is 9.80. The molecule has 3 aromatic rings. The van der Waals surface area contributed by atoms with Gasteiger partial charge in [-0.3, -0.25) is 9.36 Å². The van der Waals surface area contributed by atoms with E-state index in [9.17, 15) is 14.4 Å². The number of hydrogen-bond donors (Lipinski definition) is 2. The number of carbonyl (C=O) groups excluding carboxylic acids is 2. The van der Waals surface area contributed by atoms with Gasteiger partial charge < -0.3 is 15.0 Å². The number of nitrogens with zero attached hydrogens (tertiary/aromatic N) is 1. The quantitative estimate of drug-likeness (QED) is 0.561. The van der Waals surface area contributed by atoms with Crippen molar-refractivity contribution in [2.24, 2.45) is 0 Å². The van der Waals surface area contributed by atoms with Gasteiger partial charge >= 0.3 is 11.7 Å². The highest BCUT2D eigenvalue weighted by Crippen LogP contribution is 2.25. The monoisotopic (exact) mass is 447 g/mol. The average molecular weight is 448 g/mol. The second-order valence-electron chi connectivity index (χ2n) is 6.66. The Morgan fingerprint density at radius 2 is 1.83 bits per heavy atom. The molecule has 1 unspecified atom stereocenters. The van der Waals surface area contributed by atoms with E-state index < -0.39 is 18.5 Å². The first-order valence-electron chi connectivity index (χ1n) is 9.05. The Hall–Kier alpha value is -3.03. The molecule has 0 radical (unpaired) electrons. The van der Waals surface area contributed by atoms with Crippen LogP contribution in [-0.2, 0) is 9.53 Å². The summed E-state index contributed by atoms with van der Waals surface area (Å²) in [7, 11) is 0. The van der Waals surface area contributed by atoms with Crippen molar-refractivity contribution < 1.29 is 14.3 Å². The van der Waals surface area contributed by atoms with Gasteiger partial charge in [-0.25, -0.2) is 9.59 Å². The molecule has 3 rings (SSSR count). The van der Waals surface area contributed by atoms with Crippen LogP contribution >= 0.6 is 23.2 Å². The second kappa shape index (κ2) is 9.19. The summed E-state index contributed by atoms with van der Waals surface area (Å²) < 4.78 is 6.55. The zero-order chi connectivity index (χ0) is 21.8. The van der Waals surface area contributed by atoms with Crippen LogP contribution in [0.3, 0.4) is 0 Å². The number of carbonyl (C=O) groups is 2. The van der Waals surface area contributed by atoms with Crippen molar-refractivity contribution in [2.75, 3.05) is 6.61 Å². The van der Waals surface area contributed by atoms with E-state index in [4.69, 9.17) is 27.9 Å². The molecule has 0 aliphatic heterocycles. The molecular weight excluding hydrogens is 429 g/mol. The summed E-state index contributed by atoms with van der Waals surface area (Å²) >= 11 is 11.9. The molecule has 0 spiro atoms. The van der Waals surface area contributed by atoms with Crippen LogP contribution < -0.4 is 11.0 Å². The molecule has 0 aliphatic carbocycles. The Bertz CT molecular complexity index is 1140. The van der Waals surface area contributed by atoms with E-state index in [0.717, 1.165) is 11.3 Å². The SMILES string of the molecule is Cc1c[nH]c(=O)n1-c1ccc(C(=O)OCC(=O)NC(C)c2ccc(Cl)c(Cl)c2)cc1. The molecule has 2 N–H and O–H groups in total. The van der Waals surface area contributed by atoms with E-state index in [0.29, 0.717) is 15.7 Å². The zero-order valence-corrected chi connectivity index (χ0v) is 17.8. The predicted octanol–water partition coefficient (Wildman–Crippen LogP) is 3.82. The minimum Gasteiger partial charge on any atom is -0.452 e. The van der Waals surface area contributed by atoms with Crippen LogP contribution in [-0.4, -0.2) is 28.0 Å². The Morgan fingerprint density at radius 1 is 1.13 bits per heavy atom. The molecule has 1 amide bonds. The predicted molar refractivity (Wildman–Crippen MR) is 114 cm³/mol. The van der Waals surface area contributed by atoms with Crippen LogP contribution in [0.25, 0.3) is 5.69 Å². The van der Waals surface area contributed by atoms with E-state index in [1.807, 2.05) is 0 Å². The van der Waals surface area contributed by atoms with Crippen molar-refractivity contribution in [3.8, 4) is 5.69 Å². The largest absolute Gasteiger partial charge is 0.452 e. The van der Waals surface area contributed by atoms with Crippen molar-refractivity contribution in [1.82, 2.24) is 14.9 Å². The highest BCUT2D eigenvalue weighted by molar-refractivity contribution is 6.42. The van der Waals surface area contributed by atoms with E-state index in [1.54, 1.807) is 50.4 Å². The van der Waals surface area contributed by atoms with Crippen LogP contribution in [0.2, 0.25) is 10.0 Å². The number of rotatable bonds is 6. The van der Waals surface area contributed by atoms with Gasteiger partial charge in [0.1, 0.15) is 0 Å². The lowest BCUT2D eigenvalue weighted by Gasteiger charge is -2.15. The summed E-state index contributed by atoms with van der Waals surface area (Å²) in [5.41, 5.74) is 2.13. The molecule has 0 saturated heterocycles. The topological polar surface area (TPSA) is 93.2 Å². The summed E-state index contributed by atoms with van der Waals surface area (Å²) in [5.74, 6) is -1.09. The molecule has 1 atom stereocenters. The third-order valence-electron chi connectivity index (χ3n) is 4.48. The highest BCUT2D eigenvalue weighted by Gasteiger charge is 2.14. The third kappa shape index (κ3) is 4.93. The van der Waals surface area contributed by atoms with Crippen molar-refractivity contribution in [3.63, 3.8) is 0 Å². The molecule has 30 heavy (non-hydrogen) atoms. The second-order valence-corrected chi connectivity index (χ2v) is 7.47. The lowest BCUT2D eigenvalue weighted by Crippen LogP contribution is -2.31. The van der Waals surface area contributed by atoms with Crippen molar-refractivity contribution in [1.29, 1.82) is 0 Å². The maximum Gasteiger partial charge on any atom is 0.338 e. The molecule has 0 aliphatic rings. The minimum absolute atomic E-state index is 0.268. The number of imidazole rings is 1. The van der Waals surface area contributed by atoms with E-state index in [2.05, 4.69) is 10.3 Å². The van der Waals surface area contributed by atoms with Gasteiger partial charge in [-0.2, -0.15) is 0 Å². The average Bonchev–Trinajstić information content (AvgIpc) is 3.06. The lowest BCUT2D eigenvalue weighted by atomic mass is 10.1. The fraction of sp³-hybridized carbons (Fsp3) is 0.190. The number of ether oxygens (including phenoxy) is 1. The fourth-order valence-electron chi connectivity index (χ4n) is 2.89. The van der Waals surface area contributed by atoms with Gasteiger partial charge in [-0.15, -0.1) is 0 Å². The molecule has 9 heteroatoms. The minimum atomic E-state index is -0.642.